The third-order valence-electron chi connectivity index (χ3n) is 3.22. The highest BCUT2D eigenvalue weighted by atomic mass is 32.1. The van der Waals surface area contributed by atoms with E-state index in [4.69, 9.17) is 17.3 Å². The summed E-state index contributed by atoms with van der Waals surface area (Å²) >= 11 is 5.24. The van der Waals surface area contributed by atoms with Crippen molar-refractivity contribution in [2.75, 3.05) is 13.6 Å². The number of benzene rings is 1. The van der Waals surface area contributed by atoms with Crippen LogP contribution >= 0.6 is 12.2 Å². The van der Waals surface area contributed by atoms with Gasteiger partial charge in [0.2, 0.25) is 0 Å². The highest BCUT2D eigenvalue weighted by molar-refractivity contribution is 7.80. The molecule has 122 valence electrons. The maximum Gasteiger partial charge on any atom is 0.418 e. The Hall–Kier alpha value is -2.22. The van der Waals surface area contributed by atoms with E-state index in [1.807, 2.05) is 0 Å². The standard InChI is InChI=1S/C15H13F3N2O2S/c1-8-6-10(14(23)20(2)7-12(21)22)9-4-3-5-11(13(9)19-8)15(16,17)18/h3-6H,7H2,1-2H3,(H,21,22). The number of thiocarbonyl (C=S) groups is 1. The number of alkyl halides is 3. The number of hydrogen-bond acceptors (Lipinski definition) is 3. The first-order valence-corrected chi connectivity index (χ1v) is 6.97. The number of aromatic nitrogens is 1. The van der Waals surface area contributed by atoms with E-state index in [9.17, 15) is 18.0 Å². The van der Waals surface area contributed by atoms with Crippen LogP contribution in [-0.4, -0.2) is 39.5 Å². The molecule has 0 unspecified atom stereocenters. The number of para-hydroxylation sites is 1. The molecule has 1 aromatic heterocycles. The molecule has 23 heavy (non-hydrogen) atoms. The monoisotopic (exact) mass is 342 g/mol. The second-order valence-electron chi connectivity index (χ2n) is 5.07. The maximum atomic E-state index is 13.2. The zero-order chi connectivity index (χ0) is 17.4. The van der Waals surface area contributed by atoms with E-state index in [-0.39, 0.29) is 22.4 Å². The smallest absolute Gasteiger partial charge is 0.418 e. The first-order chi connectivity index (χ1) is 10.6. The maximum absolute atomic E-state index is 13.2. The summed E-state index contributed by atoms with van der Waals surface area (Å²) in [5.74, 6) is -1.08. The molecule has 2 aromatic rings. The lowest BCUT2D eigenvalue weighted by Crippen LogP contribution is -2.31. The van der Waals surface area contributed by atoms with Crippen molar-refractivity contribution < 1.29 is 23.1 Å². The molecular formula is C15H13F3N2O2S. The Morgan fingerprint density at radius 2 is 2.04 bits per heavy atom. The van der Waals surface area contributed by atoms with E-state index in [1.165, 1.54) is 24.1 Å². The van der Waals surface area contributed by atoms with E-state index in [1.54, 1.807) is 13.0 Å². The molecule has 0 spiro atoms. The summed E-state index contributed by atoms with van der Waals surface area (Å²) in [4.78, 5) is 16.2. The number of pyridine rings is 1. The van der Waals surface area contributed by atoms with Crippen molar-refractivity contribution in [3.63, 3.8) is 0 Å². The molecule has 2 rings (SSSR count). The van der Waals surface area contributed by atoms with Crippen LogP contribution in [0.5, 0.6) is 0 Å². The number of halogens is 3. The largest absolute Gasteiger partial charge is 0.480 e. The molecule has 1 heterocycles. The minimum absolute atomic E-state index is 0.155. The molecule has 0 aliphatic rings. The fourth-order valence-electron chi connectivity index (χ4n) is 2.26. The van der Waals surface area contributed by atoms with E-state index >= 15 is 0 Å². The van der Waals surface area contributed by atoms with Gasteiger partial charge in [0, 0.05) is 23.7 Å². The molecule has 0 saturated heterocycles. The van der Waals surface area contributed by atoms with Gasteiger partial charge in [0.05, 0.1) is 11.1 Å². The number of hydrogen-bond donors (Lipinski definition) is 1. The van der Waals surface area contributed by atoms with Crippen molar-refractivity contribution in [2.45, 2.75) is 13.1 Å². The molecular weight excluding hydrogens is 329 g/mol. The van der Waals surface area contributed by atoms with Crippen molar-refractivity contribution in [3.8, 4) is 0 Å². The first-order valence-electron chi connectivity index (χ1n) is 6.56. The second-order valence-corrected chi connectivity index (χ2v) is 5.45. The van der Waals surface area contributed by atoms with Crippen molar-refractivity contribution in [2.24, 2.45) is 0 Å². The number of rotatable bonds is 3. The van der Waals surface area contributed by atoms with Gasteiger partial charge in [-0.15, -0.1) is 0 Å². The Balaban J connectivity index is 2.66. The highest BCUT2D eigenvalue weighted by Gasteiger charge is 2.33. The van der Waals surface area contributed by atoms with Gasteiger partial charge in [-0.1, -0.05) is 24.4 Å². The van der Waals surface area contributed by atoms with Gasteiger partial charge in [-0.25, -0.2) is 0 Å². The zero-order valence-corrected chi connectivity index (χ0v) is 13.1. The van der Waals surface area contributed by atoms with Gasteiger partial charge in [-0.3, -0.25) is 9.78 Å². The lowest BCUT2D eigenvalue weighted by molar-refractivity contribution is -0.137. The summed E-state index contributed by atoms with van der Waals surface area (Å²) in [7, 11) is 1.48. The van der Waals surface area contributed by atoms with E-state index in [0.717, 1.165) is 6.07 Å². The molecule has 0 radical (unpaired) electrons. The summed E-state index contributed by atoms with van der Waals surface area (Å²) in [6.45, 7) is 1.22. The van der Waals surface area contributed by atoms with Crippen LogP contribution in [0.4, 0.5) is 13.2 Å². The molecule has 4 nitrogen and oxygen atoms in total. The van der Waals surface area contributed by atoms with Crippen LogP contribution in [0.1, 0.15) is 16.8 Å². The van der Waals surface area contributed by atoms with Crippen LogP contribution in [-0.2, 0) is 11.0 Å². The van der Waals surface area contributed by atoms with Crippen LogP contribution in [0.15, 0.2) is 24.3 Å². The van der Waals surface area contributed by atoms with Crippen LogP contribution in [0, 0.1) is 6.92 Å². The van der Waals surface area contributed by atoms with Crippen LogP contribution in [0.25, 0.3) is 10.9 Å². The van der Waals surface area contributed by atoms with Gasteiger partial charge in [0.15, 0.2) is 0 Å². The summed E-state index contributed by atoms with van der Waals surface area (Å²) in [5, 5.41) is 9.08. The second kappa shape index (κ2) is 6.11. The Bertz CT molecular complexity index is 790. The molecule has 0 aliphatic carbocycles. The molecule has 0 saturated carbocycles. The van der Waals surface area contributed by atoms with Gasteiger partial charge in [-0.05, 0) is 19.1 Å². The number of nitrogens with zero attached hydrogens (tertiary/aromatic N) is 2. The minimum atomic E-state index is -4.54. The number of carboxylic acid groups (broad SMARTS) is 1. The topological polar surface area (TPSA) is 53.4 Å². The van der Waals surface area contributed by atoms with E-state index in [2.05, 4.69) is 4.98 Å². The Labute approximate surface area is 135 Å². The Kier molecular flexibility index (Phi) is 4.56. The van der Waals surface area contributed by atoms with Gasteiger partial charge in [0.1, 0.15) is 11.5 Å². The van der Waals surface area contributed by atoms with Crippen LogP contribution in [0.2, 0.25) is 0 Å². The fourth-order valence-corrected chi connectivity index (χ4v) is 2.50. The van der Waals surface area contributed by atoms with Crippen LogP contribution in [0.3, 0.4) is 0 Å². The van der Waals surface area contributed by atoms with Crippen molar-refractivity contribution >= 4 is 34.1 Å². The SMILES string of the molecule is Cc1cc(C(=S)N(C)CC(=O)O)c2cccc(C(F)(F)F)c2n1. The van der Waals surface area contributed by atoms with Crippen molar-refractivity contribution in [3.05, 3.63) is 41.1 Å². The van der Waals surface area contributed by atoms with Gasteiger partial charge in [0.25, 0.3) is 0 Å². The molecule has 1 aromatic carbocycles. The summed E-state index contributed by atoms with van der Waals surface area (Å²) in [6.07, 6.45) is -4.54. The van der Waals surface area contributed by atoms with Gasteiger partial charge >= 0.3 is 12.1 Å². The van der Waals surface area contributed by atoms with Gasteiger partial charge < -0.3 is 10.0 Å². The number of aliphatic carboxylic acids is 1. The van der Waals surface area contributed by atoms with E-state index < -0.39 is 17.7 Å². The third kappa shape index (κ3) is 3.58. The van der Waals surface area contributed by atoms with E-state index in [0.29, 0.717) is 11.3 Å². The summed E-state index contributed by atoms with van der Waals surface area (Å²) in [6, 6.07) is 5.30. The Morgan fingerprint density at radius 3 is 2.61 bits per heavy atom. The average molecular weight is 342 g/mol. The molecule has 0 amide bonds. The lowest BCUT2D eigenvalue weighted by Gasteiger charge is -2.20. The number of aryl methyl sites for hydroxylation is 1. The Morgan fingerprint density at radius 1 is 1.39 bits per heavy atom. The average Bonchev–Trinajstić information content (AvgIpc) is 2.43. The summed E-state index contributed by atoms with van der Waals surface area (Å²) < 4.78 is 39.5. The van der Waals surface area contributed by atoms with Gasteiger partial charge in [-0.2, -0.15) is 13.2 Å². The number of carbonyl (C=O) groups is 1. The number of fused-ring (bicyclic) bond motifs is 1. The number of likely N-dealkylation sites (N-methyl/N-ethyl adjacent to an activating group) is 1. The predicted molar refractivity (Wildman–Crippen MR) is 83.4 cm³/mol. The molecule has 0 aliphatic heterocycles. The molecule has 0 atom stereocenters. The predicted octanol–water partition coefficient (Wildman–Crippen LogP) is 3.25. The quantitative estimate of drug-likeness (QED) is 0.868. The molecule has 0 fully saturated rings. The molecule has 0 bridgehead atoms. The number of carboxylic acids is 1. The lowest BCUT2D eigenvalue weighted by atomic mass is 10.0. The highest BCUT2D eigenvalue weighted by Crippen LogP contribution is 2.35. The molecule has 1 N–H and O–H groups in total. The minimum Gasteiger partial charge on any atom is -0.480 e. The van der Waals surface area contributed by atoms with Crippen molar-refractivity contribution in [1.82, 2.24) is 9.88 Å². The molecule has 8 heteroatoms. The fraction of sp³-hybridized carbons (Fsp3) is 0.267. The third-order valence-corrected chi connectivity index (χ3v) is 3.75. The first kappa shape index (κ1) is 17.1. The van der Waals surface area contributed by atoms with Crippen molar-refractivity contribution in [1.29, 1.82) is 0 Å². The normalized spacial score (nSPS) is 11.5. The summed E-state index contributed by atoms with van der Waals surface area (Å²) in [5.41, 5.74) is -0.308. The van der Waals surface area contributed by atoms with Crippen LogP contribution < -0.4 is 0 Å². The zero-order valence-electron chi connectivity index (χ0n) is 12.3.